The molecule has 0 saturated carbocycles. The Hall–Kier alpha value is -2.93. The molecule has 1 N–H and O–H groups in total. The summed E-state index contributed by atoms with van der Waals surface area (Å²) >= 11 is 4.77. The molecule has 1 fully saturated rings. The Labute approximate surface area is 272 Å². The third-order valence-electron chi connectivity index (χ3n) is 7.25. The Morgan fingerprint density at radius 2 is 1.70 bits per heavy atom. The number of rotatable bonds is 10. The van der Waals surface area contributed by atoms with E-state index in [-0.39, 0.29) is 29.0 Å². The second-order valence-corrected chi connectivity index (χ2v) is 15.6. The summed E-state index contributed by atoms with van der Waals surface area (Å²) in [6.07, 6.45) is 1.35. The summed E-state index contributed by atoms with van der Waals surface area (Å²) in [5.74, 6) is -0.896. The summed E-state index contributed by atoms with van der Waals surface area (Å²) in [7, 11) is -2.14. The van der Waals surface area contributed by atoms with Gasteiger partial charge in [0, 0.05) is 24.8 Å². The van der Waals surface area contributed by atoms with Crippen molar-refractivity contribution in [3.05, 3.63) is 68.5 Å². The summed E-state index contributed by atoms with van der Waals surface area (Å²) in [6, 6.07) is 13.7. The Balaban J connectivity index is 1.44. The number of esters is 2. The van der Waals surface area contributed by atoms with E-state index in [4.69, 9.17) is 14.2 Å². The molecule has 0 amide bonds. The maximum absolute atomic E-state index is 13.2. The zero-order valence-electron chi connectivity index (χ0n) is 25.9. The van der Waals surface area contributed by atoms with Crippen LogP contribution in [-0.4, -0.2) is 63.1 Å². The first-order valence-electron chi connectivity index (χ1n) is 14.3. The van der Waals surface area contributed by atoms with Crippen molar-refractivity contribution in [3.63, 3.8) is 0 Å². The summed E-state index contributed by atoms with van der Waals surface area (Å²) < 4.78 is 44.7. The molecule has 1 saturated heterocycles. The molecule has 238 valence electrons. The van der Waals surface area contributed by atoms with Gasteiger partial charge in [-0.1, -0.05) is 30.3 Å². The van der Waals surface area contributed by atoms with Gasteiger partial charge in [-0.3, -0.25) is 0 Å². The molecule has 1 aromatic heterocycles. The lowest BCUT2D eigenvalue weighted by molar-refractivity contribution is -0.157. The number of methoxy groups -OCH3 is 1. The van der Waals surface area contributed by atoms with Crippen molar-refractivity contribution in [1.82, 2.24) is 4.31 Å². The predicted molar refractivity (Wildman–Crippen MR) is 177 cm³/mol. The number of aryl methyl sites for hydroxylation is 2. The topological polar surface area (TPSA) is 111 Å². The van der Waals surface area contributed by atoms with Crippen LogP contribution in [0.5, 0.6) is 5.75 Å². The van der Waals surface area contributed by atoms with E-state index < -0.39 is 27.6 Å². The van der Waals surface area contributed by atoms with Gasteiger partial charge in [0.05, 0.1) is 22.2 Å². The highest BCUT2D eigenvalue weighted by molar-refractivity contribution is 9.10. The van der Waals surface area contributed by atoms with Crippen molar-refractivity contribution in [1.29, 1.82) is 0 Å². The third kappa shape index (κ3) is 8.41. The highest BCUT2D eigenvalue weighted by Gasteiger charge is 2.30. The van der Waals surface area contributed by atoms with Gasteiger partial charge in [-0.25, -0.2) is 22.3 Å². The number of benzene rings is 2. The lowest BCUT2D eigenvalue weighted by Gasteiger charge is -2.32. The fraction of sp³-hybridized carbons (Fsp3) is 0.438. The highest BCUT2D eigenvalue weighted by atomic mass is 79.9. The van der Waals surface area contributed by atoms with E-state index in [2.05, 4.69) is 21.2 Å². The van der Waals surface area contributed by atoms with Crippen molar-refractivity contribution < 1.29 is 32.2 Å². The SMILES string of the molecule is COC(=O)c1sc(-c2cccc(NC3CCN(S(=O)(=O)Cc4c(C)cccc4C)CC3)c2)c(Br)c1OCC(=O)OC(C)(C)C. The lowest BCUT2D eigenvalue weighted by atomic mass is 10.1. The molecule has 0 spiro atoms. The monoisotopic (exact) mass is 706 g/mol. The number of carbonyl (C=O) groups is 2. The molecule has 9 nitrogen and oxygen atoms in total. The first-order chi connectivity index (χ1) is 20.7. The minimum Gasteiger partial charge on any atom is -0.479 e. The van der Waals surface area contributed by atoms with Crippen LogP contribution in [0.2, 0.25) is 0 Å². The van der Waals surface area contributed by atoms with E-state index in [0.29, 0.717) is 30.4 Å². The molecule has 3 aromatic rings. The van der Waals surface area contributed by atoms with Gasteiger partial charge < -0.3 is 19.5 Å². The number of hydrogen-bond acceptors (Lipinski definition) is 9. The molecule has 2 heterocycles. The van der Waals surface area contributed by atoms with E-state index in [1.165, 1.54) is 18.4 Å². The van der Waals surface area contributed by atoms with E-state index in [0.717, 1.165) is 32.8 Å². The van der Waals surface area contributed by atoms with Gasteiger partial charge >= 0.3 is 11.9 Å². The Morgan fingerprint density at radius 1 is 1.07 bits per heavy atom. The molecule has 0 bridgehead atoms. The normalized spacial score (nSPS) is 14.7. The van der Waals surface area contributed by atoms with Crippen LogP contribution in [0.15, 0.2) is 46.9 Å². The second-order valence-electron chi connectivity index (χ2n) is 11.8. The average Bonchev–Trinajstić information content (AvgIpc) is 3.29. The lowest BCUT2D eigenvalue weighted by Crippen LogP contribution is -2.42. The summed E-state index contributed by atoms with van der Waals surface area (Å²) in [5, 5.41) is 3.55. The Morgan fingerprint density at radius 3 is 2.32 bits per heavy atom. The van der Waals surface area contributed by atoms with Crippen LogP contribution in [-0.2, 0) is 30.0 Å². The minimum absolute atomic E-state index is 0.0123. The van der Waals surface area contributed by atoms with Crippen LogP contribution < -0.4 is 10.1 Å². The largest absolute Gasteiger partial charge is 0.479 e. The second kappa shape index (κ2) is 14.0. The van der Waals surface area contributed by atoms with Crippen LogP contribution in [0.4, 0.5) is 5.69 Å². The summed E-state index contributed by atoms with van der Waals surface area (Å²) in [4.78, 5) is 25.8. The maximum Gasteiger partial charge on any atom is 0.351 e. The Bertz CT molecular complexity index is 1600. The van der Waals surface area contributed by atoms with Gasteiger partial charge in [0.15, 0.2) is 17.2 Å². The van der Waals surface area contributed by atoms with Gasteiger partial charge in [-0.15, -0.1) is 11.3 Å². The zero-order valence-corrected chi connectivity index (χ0v) is 29.1. The van der Waals surface area contributed by atoms with E-state index in [1.807, 2.05) is 56.3 Å². The number of nitrogens with one attached hydrogen (secondary N) is 1. The van der Waals surface area contributed by atoms with Crippen molar-refractivity contribution in [2.45, 2.75) is 64.9 Å². The van der Waals surface area contributed by atoms with Crippen LogP contribution in [0.3, 0.4) is 0 Å². The molecular weight excluding hydrogens is 668 g/mol. The number of sulfonamides is 1. The Kier molecular flexibility index (Phi) is 10.8. The minimum atomic E-state index is -3.43. The van der Waals surface area contributed by atoms with Gasteiger partial charge in [-0.2, -0.15) is 0 Å². The van der Waals surface area contributed by atoms with E-state index in [1.54, 1.807) is 25.1 Å². The van der Waals surface area contributed by atoms with Crippen LogP contribution in [0.1, 0.15) is 60.0 Å². The van der Waals surface area contributed by atoms with Gasteiger partial charge in [0.2, 0.25) is 10.0 Å². The van der Waals surface area contributed by atoms with Gasteiger partial charge in [0.1, 0.15) is 5.60 Å². The molecule has 0 aliphatic carbocycles. The van der Waals surface area contributed by atoms with Crippen molar-refractivity contribution in [2.75, 3.05) is 32.1 Å². The zero-order chi connectivity index (χ0) is 32.2. The molecule has 44 heavy (non-hydrogen) atoms. The number of ether oxygens (including phenoxy) is 3. The molecule has 1 aliphatic rings. The van der Waals surface area contributed by atoms with Crippen LogP contribution >= 0.6 is 27.3 Å². The quantitative estimate of drug-likeness (QED) is 0.232. The summed E-state index contributed by atoms with van der Waals surface area (Å²) in [5.41, 5.74) is 3.89. The van der Waals surface area contributed by atoms with Crippen LogP contribution in [0, 0.1) is 13.8 Å². The molecule has 1 aliphatic heterocycles. The highest BCUT2D eigenvalue weighted by Crippen LogP contribution is 2.46. The fourth-order valence-electron chi connectivity index (χ4n) is 5.05. The van der Waals surface area contributed by atoms with Crippen molar-refractivity contribution in [3.8, 4) is 16.2 Å². The van der Waals surface area contributed by atoms with Gasteiger partial charge in [-0.05, 0) is 97.8 Å². The number of anilines is 1. The van der Waals surface area contributed by atoms with Gasteiger partial charge in [0.25, 0.3) is 0 Å². The molecule has 0 unspecified atom stereocenters. The summed E-state index contributed by atoms with van der Waals surface area (Å²) in [6.45, 7) is 9.73. The van der Waals surface area contributed by atoms with E-state index in [9.17, 15) is 18.0 Å². The molecular formula is C32H39BrN2O7S2. The number of piperidine rings is 1. The average molecular weight is 708 g/mol. The maximum atomic E-state index is 13.2. The smallest absolute Gasteiger partial charge is 0.351 e. The van der Waals surface area contributed by atoms with Crippen molar-refractivity contribution >= 4 is 54.9 Å². The molecule has 2 aromatic carbocycles. The molecule has 4 rings (SSSR count). The fourth-order valence-corrected chi connectivity index (χ4v) is 8.79. The number of halogens is 1. The predicted octanol–water partition coefficient (Wildman–Crippen LogP) is 6.71. The number of thiophene rings is 1. The first kappa shape index (κ1) is 34.0. The first-order valence-corrected chi connectivity index (χ1v) is 17.6. The number of nitrogens with zero attached hydrogens (tertiary/aromatic N) is 1. The number of hydrogen-bond donors (Lipinski definition) is 1. The van der Waals surface area contributed by atoms with Crippen LogP contribution in [0.25, 0.3) is 10.4 Å². The van der Waals surface area contributed by atoms with E-state index >= 15 is 0 Å². The standard InChI is InChI=1S/C32H39BrN2O7S2/c1-20-9-7-10-21(2)25(20)19-44(38,39)35-15-13-23(14-16-35)34-24-12-8-11-22(17-24)29-27(33)28(30(43-29)31(37)40-6)41-18-26(36)42-32(3,4)5/h7-12,17,23,34H,13-16,18-19H2,1-6H3. The molecule has 0 radical (unpaired) electrons. The third-order valence-corrected chi connectivity index (χ3v) is 11.3. The molecule has 0 atom stereocenters. The number of carbonyl (C=O) groups excluding carboxylic acids is 2. The molecule has 12 heteroatoms. The van der Waals surface area contributed by atoms with Crippen molar-refractivity contribution in [2.24, 2.45) is 0 Å².